The van der Waals surface area contributed by atoms with Gasteiger partial charge in [-0.05, 0) is 38.0 Å². The molecule has 0 radical (unpaired) electrons. The highest BCUT2D eigenvalue weighted by molar-refractivity contribution is 6.07. The molecule has 0 aromatic rings. The molecule has 0 aromatic carbocycles. The molecule has 0 heterocycles. The quantitative estimate of drug-likeness (QED) is 0.326. The lowest BCUT2D eigenvalue weighted by Gasteiger charge is -2.42. The number of oxime groups is 1. The number of carbonyl (C=O) groups excluding carboxylic acids is 1. The van der Waals surface area contributed by atoms with Crippen LogP contribution in [0.15, 0.2) is 5.16 Å². The van der Waals surface area contributed by atoms with Crippen LogP contribution in [-0.4, -0.2) is 34.9 Å². The molecule has 0 unspecified atom stereocenters. The summed E-state index contributed by atoms with van der Waals surface area (Å²) in [5, 5.41) is 12.0. The number of amides is 1. The summed E-state index contributed by atoms with van der Waals surface area (Å²) in [5.41, 5.74) is 5.04. The molecule has 0 aliphatic heterocycles. The van der Waals surface area contributed by atoms with E-state index in [0.717, 1.165) is 25.9 Å². The van der Waals surface area contributed by atoms with Crippen LogP contribution in [0.25, 0.3) is 0 Å². The SMILES string of the molecule is CCCN(CC1CC1)C(=O)C1(C(N)=NO)CCC1. The summed E-state index contributed by atoms with van der Waals surface area (Å²) >= 11 is 0. The lowest BCUT2D eigenvalue weighted by atomic mass is 9.66. The Hall–Kier alpha value is -1.26. The van der Waals surface area contributed by atoms with E-state index >= 15 is 0 Å². The standard InChI is InChI=1S/C13H23N3O2/c1-2-8-16(9-10-4-5-10)12(17)13(6-3-7-13)11(14)15-18/h10,18H,2-9H2,1H3,(H2,14,15). The third-order valence-corrected chi connectivity index (χ3v) is 4.17. The maximum Gasteiger partial charge on any atom is 0.236 e. The van der Waals surface area contributed by atoms with Crippen molar-refractivity contribution in [2.45, 2.75) is 45.4 Å². The number of nitrogens with two attached hydrogens (primary N) is 1. The summed E-state index contributed by atoms with van der Waals surface area (Å²) in [6, 6.07) is 0. The minimum atomic E-state index is -0.710. The molecular weight excluding hydrogens is 230 g/mol. The van der Waals surface area contributed by atoms with Crippen LogP contribution in [0, 0.1) is 11.3 Å². The topological polar surface area (TPSA) is 78.9 Å². The van der Waals surface area contributed by atoms with Gasteiger partial charge in [0.15, 0.2) is 5.84 Å². The van der Waals surface area contributed by atoms with E-state index in [2.05, 4.69) is 12.1 Å². The van der Waals surface area contributed by atoms with Gasteiger partial charge in [-0.25, -0.2) is 0 Å². The van der Waals surface area contributed by atoms with Gasteiger partial charge in [0.2, 0.25) is 5.91 Å². The zero-order chi connectivity index (χ0) is 13.2. The van der Waals surface area contributed by atoms with Crippen molar-refractivity contribution >= 4 is 11.7 Å². The van der Waals surface area contributed by atoms with E-state index in [9.17, 15) is 4.79 Å². The first kappa shape index (κ1) is 13.2. The number of rotatable bonds is 6. The van der Waals surface area contributed by atoms with Crippen molar-refractivity contribution in [2.75, 3.05) is 13.1 Å². The van der Waals surface area contributed by atoms with Crippen LogP contribution in [-0.2, 0) is 4.79 Å². The van der Waals surface area contributed by atoms with Crippen molar-refractivity contribution < 1.29 is 10.0 Å². The zero-order valence-electron chi connectivity index (χ0n) is 11.1. The molecule has 102 valence electrons. The molecule has 0 atom stereocenters. The van der Waals surface area contributed by atoms with Gasteiger partial charge in [-0.3, -0.25) is 4.79 Å². The van der Waals surface area contributed by atoms with Gasteiger partial charge in [-0.15, -0.1) is 0 Å². The average molecular weight is 253 g/mol. The van der Waals surface area contributed by atoms with Gasteiger partial charge in [0.1, 0.15) is 5.41 Å². The summed E-state index contributed by atoms with van der Waals surface area (Å²) in [5.74, 6) is 0.832. The van der Waals surface area contributed by atoms with E-state index in [1.807, 2.05) is 4.90 Å². The second kappa shape index (κ2) is 5.16. The van der Waals surface area contributed by atoms with Crippen molar-refractivity contribution in [3.8, 4) is 0 Å². The summed E-state index contributed by atoms with van der Waals surface area (Å²) in [7, 11) is 0. The van der Waals surface area contributed by atoms with Gasteiger partial charge in [0, 0.05) is 13.1 Å². The summed E-state index contributed by atoms with van der Waals surface area (Å²) in [4.78, 5) is 14.6. The first-order valence-corrected chi connectivity index (χ1v) is 6.91. The molecule has 5 nitrogen and oxygen atoms in total. The van der Waals surface area contributed by atoms with Crippen molar-refractivity contribution in [1.29, 1.82) is 0 Å². The van der Waals surface area contributed by atoms with Crippen LogP contribution in [0.5, 0.6) is 0 Å². The second-order valence-corrected chi connectivity index (χ2v) is 5.62. The number of hydrogen-bond donors (Lipinski definition) is 2. The van der Waals surface area contributed by atoms with Gasteiger partial charge in [0.25, 0.3) is 0 Å². The lowest BCUT2D eigenvalue weighted by molar-refractivity contribution is -0.142. The van der Waals surface area contributed by atoms with Crippen molar-refractivity contribution in [3.63, 3.8) is 0 Å². The van der Waals surface area contributed by atoms with Crippen LogP contribution in [0.1, 0.15) is 45.4 Å². The normalized spacial score (nSPS) is 22.4. The fraction of sp³-hybridized carbons (Fsp3) is 0.846. The van der Waals surface area contributed by atoms with Crippen LogP contribution >= 0.6 is 0 Å². The van der Waals surface area contributed by atoms with E-state index < -0.39 is 5.41 Å². The van der Waals surface area contributed by atoms with E-state index in [4.69, 9.17) is 10.9 Å². The molecule has 18 heavy (non-hydrogen) atoms. The molecule has 0 spiro atoms. The van der Waals surface area contributed by atoms with Gasteiger partial charge >= 0.3 is 0 Å². The molecule has 2 aliphatic carbocycles. The molecule has 0 aromatic heterocycles. The highest BCUT2D eigenvalue weighted by Crippen LogP contribution is 2.43. The molecule has 3 N–H and O–H groups in total. The molecule has 1 amide bonds. The van der Waals surface area contributed by atoms with E-state index in [0.29, 0.717) is 18.8 Å². The molecule has 5 heteroatoms. The molecule has 0 saturated heterocycles. The predicted octanol–water partition coefficient (Wildman–Crippen LogP) is 1.55. The van der Waals surface area contributed by atoms with Gasteiger partial charge in [-0.2, -0.15) is 0 Å². The highest BCUT2D eigenvalue weighted by atomic mass is 16.4. The van der Waals surface area contributed by atoms with Crippen LogP contribution in [0.2, 0.25) is 0 Å². The Morgan fingerprint density at radius 2 is 2.17 bits per heavy atom. The molecule has 2 fully saturated rings. The number of nitrogens with zero attached hydrogens (tertiary/aromatic N) is 2. The van der Waals surface area contributed by atoms with Gasteiger partial charge < -0.3 is 15.8 Å². The Kier molecular flexibility index (Phi) is 3.78. The van der Waals surface area contributed by atoms with Crippen molar-refractivity contribution in [2.24, 2.45) is 22.2 Å². The Bertz CT molecular complexity index is 346. The largest absolute Gasteiger partial charge is 0.409 e. The number of carbonyl (C=O) groups is 1. The Balaban J connectivity index is 2.09. The van der Waals surface area contributed by atoms with E-state index in [-0.39, 0.29) is 11.7 Å². The summed E-state index contributed by atoms with van der Waals surface area (Å²) in [6.45, 7) is 3.69. The minimum Gasteiger partial charge on any atom is -0.409 e. The highest BCUT2D eigenvalue weighted by Gasteiger charge is 2.50. The fourth-order valence-electron chi connectivity index (χ4n) is 2.67. The van der Waals surface area contributed by atoms with Gasteiger partial charge in [-0.1, -0.05) is 18.5 Å². The fourth-order valence-corrected chi connectivity index (χ4v) is 2.67. The Labute approximate surface area is 108 Å². The minimum absolute atomic E-state index is 0.0674. The van der Waals surface area contributed by atoms with E-state index in [1.54, 1.807) is 0 Å². The molecule has 2 aliphatic rings. The number of hydrogen-bond acceptors (Lipinski definition) is 3. The lowest BCUT2D eigenvalue weighted by Crippen LogP contribution is -2.55. The summed E-state index contributed by atoms with van der Waals surface area (Å²) < 4.78 is 0. The average Bonchev–Trinajstić information content (AvgIpc) is 3.10. The van der Waals surface area contributed by atoms with E-state index in [1.165, 1.54) is 12.8 Å². The number of amidine groups is 1. The Morgan fingerprint density at radius 1 is 1.50 bits per heavy atom. The Morgan fingerprint density at radius 3 is 2.56 bits per heavy atom. The second-order valence-electron chi connectivity index (χ2n) is 5.62. The molecular formula is C13H23N3O2. The summed E-state index contributed by atoms with van der Waals surface area (Å²) in [6.07, 6.45) is 5.81. The van der Waals surface area contributed by atoms with Crippen LogP contribution in [0.3, 0.4) is 0 Å². The maximum absolute atomic E-state index is 12.7. The molecule has 2 rings (SSSR count). The smallest absolute Gasteiger partial charge is 0.236 e. The first-order chi connectivity index (χ1) is 8.64. The van der Waals surface area contributed by atoms with Gasteiger partial charge in [0.05, 0.1) is 0 Å². The zero-order valence-corrected chi connectivity index (χ0v) is 11.1. The first-order valence-electron chi connectivity index (χ1n) is 6.91. The third kappa shape index (κ3) is 2.31. The molecule has 0 bridgehead atoms. The maximum atomic E-state index is 12.7. The van der Waals surface area contributed by atoms with Crippen LogP contribution in [0.4, 0.5) is 0 Å². The van der Waals surface area contributed by atoms with Crippen molar-refractivity contribution in [3.05, 3.63) is 0 Å². The monoisotopic (exact) mass is 253 g/mol. The molecule has 2 saturated carbocycles. The van der Waals surface area contributed by atoms with Crippen molar-refractivity contribution in [1.82, 2.24) is 4.90 Å². The predicted molar refractivity (Wildman–Crippen MR) is 69.3 cm³/mol. The third-order valence-electron chi connectivity index (χ3n) is 4.17. The van der Waals surface area contributed by atoms with Crippen LogP contribution < -0.4 is 5.73 Å².